The molecule has 0 aliphatic carbocycles. The Morgan fingerprint density at radius 3 is 1.36 bits per heavy atom. The van der Waals surface area contributed by atoms with Crippen molar-refractivity contribution < 1.29 is 39.5 Å². The van der Waals surface area contributed by atoms with Crippen molar-refractivity contribution in [1.29, 1.82) is 0 Å². The Morgan fingerprint density at radius 1 is 0.786 bits per heavy atom. The lowest BCUT2D eigenvalue weighted by atomic mass is 10.2. The molecule has 0 amide bonds. The summed E-state index contributed by atoms with van der Waals surface area (Å²) in [5.74, 6) is -9.71. The zero-order valence-corrected chi connectivity index (χ0v) is 5.98. The standard InChI is InChI=1S/C5HF9/c6-2(1-3(7,8)9)4(10,11)5(12,13)14/h1H/b2-1-. The third kappa shape index (κ3) is 3.11. The van der Waals surface area contributed by atoms with Crippen LogP contribution in [0.25, 0.3) is 0 Å². The van der Waals surface area contributed by atoms with E-state index in [0.717, 1.165) is 0 Å². The molecule has 0 heterocycles. The molecule has 0 aromatic carbocycles. The molecule has 0 saturated carbocycles. The number of hydrogen-bond acceptors (Lipinski definition) is 0. The van der Waals surface area contributed by atoms with E-state index in [4.69, 9.17) is 0 Å². The molecular weight excluding hydrogens is 231 g/mol. The fraction of sp³-hybridized carbons (Fsp3) is 0.600. The van der Waals surface area contributed by atoms with Crippen LogP contribution >= 0.6 is 0 Å². The summed E-state index contributed by atoms with van der Waals surface area (Å²) in [7, 11) is 0. The van der Waals surface area contributed by atoms with Crippen LogP contribution in [0.4, 0.5) is 39.5 Å². The molecular formula is C5HF9. The van der Waals surface area contributed by atoms with E-state index >= 15 is 0 Å². The third-order valence-corrected chi connectivity index (χ3v) is 0.946. The summed E-state index contributed by atoms with van der Waals surface area (Å²) in [6, 6.07) is 0. The van der Waals surface area contributed by atoms with Gasteiger partial charge in [-0.25, -0.2) is 4.39 Å². The number of halogens is 9. The summed E-state index contributed by atoms with van der Waals surface area (Å²) in [6.45, 7) is 0. The van der Waals surface area contributed by atoms with Crippen molar-refractivity contribution in [3.8, 4) is 0 Å². The molecule has 0 N–H and O–H groups in total. The lowest BCUT2D eigenvalue weighted by molar-refractivity contribution is -0.271. The summed E-state index contributed by atoms with van der Waals surface area (Å²) in [5.41, 5.74) is 0. The zero-order valence-electron chi connectivity index (χ0n) is 5.98. The Morgan fingerprint density at radius 2 is 1.14 bits per heavy atom. The SMILES string of the molecule is F/C(=C\C(F)(F)F)C(F)(F)C(F)(F)F. The van der Waals surface area contributed by atoms with Gasteiger partial charge in [0.2, 0.25) is 0 Å². The van der Waals surface area contributed by atoms with Crippen LogP contribution in [0.3, 0.4) is 0 Å². The minimum Gasteiger partial charge on any atom is -0.205 e. The average Bonchev–Trinajstić information content (AvgIpc) is 1.80. The van der Waals surface area contributed by atoms with E-state index in [0.29, 0.717) is 0 Å². The Kier molecular flexibility index (Phi) is 3.14. The van der Waals surface area contributed by atoms with E-state index in [1.54, 1.807) is 0 Å². The van der Waals surface area contributed by atoms with Crippen molar-refractivity contribution in [2.24, 2.45) is 0 Å². The van der Waals surface area contributed by atoms with Gasteiger partial charge in [-0.1, -0.05) is 0 Å². The van der Waals surface area contributed by atoms with Gasteiger partial charge in [0.05, 0.1) is 6.08 Å². The second-order valence-corrected chi connectivity index (χ2v) is 2.11. The molecule has 0 aromatic rings. The lowest BCUT2D eigenvalue weighted by Crippen LogP contribution is -2.37. The first-order valence-electron chi connectivity index (χ1n) is 2.78. The van der Waals surface area contributed by atoms with Crippen molar-refractivity contribution in [2.45, 2.75) is 18.3 Å². The Hall–Kier alpha value is -0.890. The van der Waals surface area contributed by atoms with Crippen molar-refractivity contribution >= 4 is 0 Å². The van der Waals surface area contributed by atoms with Gasteiger partial charge in [-0.05, 0) is 0 Å². The van der Waals surface area contributed by atoms with Gasteiger partial charge in [0.15, 0.2) is 5.83 Å². The summed E-state index contributed by atoms with van der Waals surface area (Å²) in [5, 5.41) is 0. The fourth-order valence-electron chi connectivity index (χ4n) is 0.370. The maximum atomic E-state index is 11.8. The first kappa shape index (κ1) is 13.1. The van der Waals surface area contributed by atoms with Crippen LogP contribution in [0.15, 0.2) is 11.9 Å². The van der Waals surface area contributed by atoms with E-state index in [9.17, 15) is 39.5 Å². The van der Waals surface area contributed by atoms with Gasteiger partial charge in [0.1, 0.15) is 0 Å². The van der Waals surface area contributed by atoms with Gasteiger partial charge in [-0.2, -0.15) is 35.1 Å². The predicted molar refractivity (Wildman–Crippen MR) is 26.2 cm³/mol. The minimum absolute atomic E-state index is 1.74. The molecule has 0 bridgehead atoms. The number of alkyl halides is 8. The zero-order chi connectivity index (χ0) is 11.8. The van der Waals surface area contributed by atoms with Gasteiger partial charge in [-0.3, -0.25) is 0 Å². The highest BCUT2D eigenvalue weighted by molar-refractivity contribution is 5.10. The summed E-state index contributed by atoms with van der Waals surface area (Å²) >= 11 is 0. The number of hydrogen-bond donors (Lipinski definition) is 0. The van der Waals surface area contributed by atoms with E-state index in [2.05, 4.69) is 0 Å². The molecule has 0 fully saturated rings. The normalized spacial score (nSPS) is 15.9. The van der Waals surface area contributed by atoms with Crippen molar-refractivity contribution in [3.05, 3.63) is 11.9 Å². The van der Waals surface area contributed by atoms with Gasteiger partial charge in [-0.15, -0.1) is 0 Å². The predicted octanol–water partition coefficient (Wildman–Crippen LogP) is 3.60. The molecule has 0 rings (SSSR count). The van der Waals surface area contributed by atoms with E-state index in [-0.39, 0.29) is 0 Å². The van der Waals surface area contributed by atoms with Gasteiger partial charge in [0.25, 0.3) is 0 Å². The molecule has 0 saturated heterocycles. The highest BCUT2D eigenvalue weighted by Crippen LogP contribution is 2.42. The fourth-order valence-corrected chi connectivity index (χ4v) is 0.370. The average molecular weight is 232 g/mol. The van der Waals surface area contributed by atoms with Crippen LogP contribution in [0.2, 0.25) is 0 Å². The van der Waals surface area contributed by atoms with Crippen molar-refractivity contribution in [2.75, 3.05) is 0 Å². The third-order valence-electron chi connectivity index (χ3n) is 0.946. The molecule has 0 atom stereocenters. The second kappa shape index (κ2) is 3.35. The molecule has 0 aliphatic rings. The largest absolute Gasteiger partial charge is 0.460 e. The van der Waals surface area contributed by atoms with Gasteiger partial charge in [0, 0.05) is 0 Å². The quantitative estimate of drug-likeness (QED) is 0.606. The van der Waals surface area contributed by atoms with E-state index in [1.807, 2.05) is 0 Å². The molecule has 0 aliphatic heterocycles. The molecule has 0 unspecified atom stereocenters. The molecule has 14 heavy (non-hydrogen) atoms. The van der Waals surface area contributed by atoms with Gasteiger partial charge >= 0.3 is 18.3 Å². The summed E-state index contributed by atoms with van der Waals surface area (Å²) < 4.78 is 103. The highest BCUT2D eigenvalue weighted by atomic mass is 19.4. The number of rotatable bonds is 1. The molecule has 84 valence electrons. The minimum atomic E-state index is -6.39. The van der Waals surface area contributed by atoms with E-state index in [1.165, 1.54) is 0 Å². The van der Waals surface area contributed by atoms with Crippen molar-refractivity contribution in [1.82, 2.24) is 0 Å². The molecule has 0 aromatic heterocycles. The van der Waals surface area contributed by atoms with Crippen molar-refractivity contribution in [3.63, 3.8) is 0 Å². The topological polar surface area (TPSA) is 0 Å². The maximum absolute atomic E-state index is 11.8. The Bertz CT molecular complexity index is 229. The Balaban J connectivity index is 5.04. The molecule has 0 spiro atoms. The molecule has 0 radical (unpaired) electrons. The first-order chi connectivity index (χ1) is 5.88. The summed E-state index contributed by atoms with van der Waals surface area (Å²) in [6.07, 6.45) is -13.7. The van der Waals surface area contributed by atoms with Crippen LogP contribution in [-0.2, 0) is 0 Å². The maximum Gasteiger partial charge on any atom is 0.460 e. The van der Waals surface area contributed by atoms with Crippen LogP contribution in [0, 0.1) is 0 Å². The summed E-state index contributed by atoms with van der Waals surface area (Å²) in [4.78, 5) is 0. The van der Waals surface area contributed by atoms with Crippen LogP contribution in [0.5, 0.6) is 0 Å². The first-order valence-corrected chi connectivity index (χ1v) is 2.78. The Labute approximate surface area is 71.0 Å². The monoisotopic (exact) mass is 232 g/mol. The highest BCUT2D eigenvalue weighted by Gasteiger charge is 2.61. The van der Waals surface area contributed by atoms with E-state index < -0.39 is 30.2 Å². The van der Waals surface area contributed by atoms with Crippen LogP contribution in [0.1, 0.15) is 0 Å². The number of allylic oxidation sites excluding steroid dienone is 2. The smallest absolute Gasteiger partial charge is 0.205 e. The van der Waals surface area contributed by atoms with Crippen LogP contribution in [-0.4, -0.2) is 18.3 Å². The van der Waals surface area contributed by atoms with Gasteiger partial charge < -0.3 is 0 Å². The molecule has 0 nitrogen and oxygen atoms in total. The van der Waals surface area contributed by atoms with Crippen LogP contribution < -0.4 is 0 Å². The second-order valence-electron chi connectivity index (χ2n) is 2.11. The molecule has 9 heteroatoms. The lowest BCUT2D eigenvalue weighted by Gasteiger charge is -2.17.